The van der Waals surface area contributed by atoms with Crippen LogP contribution in [-0.4, -0.2) is 46.1 Å². The van der Waals surface area contributed by atoms with Crippen LogP contribution in [0.25, 0.3) is 0 Å². The number of para-hydroxylation sites is 1. The number of rotatable bonds is 7. The third-order valence-corrected chi connectivity index (χ3v) is 5.80. The Bertz CT molecular complexity index is 1100. The molecule has 1 fully saturated rings. The number of amides is 3. The molecular formula is C27H35N3O5. The number of alkyl carbamates (subject to hydrolysis) is 1. The van der Waals surface area contributed by atoms with E-state index in [1.165, 1.54) is 6.07 Å². The Morgan fingerprint density at radius 3 is 2.23 bits per heavy atom. The summed E-state index contributed by atoms with van der Waals surface area (Å²) in [6.07, 6.45) is 0.837. The molecule has 0 aliphatic heterocycles. The van der Waals surface area contributed by atoms with E-state index < -0.39 is 17.7 Å². The van der Waals surface area contributed by atoms with Crippen LogP contribution < -0.4 is 10.6 Å². The average molecular weight is 482 g/mol. The molecule has 1 atom stereocenters. The molecule has 0 radical (unpaired) electrons. The van der Waals surface area contributed by atoms with Gasteiger partial charge in [0.2, 0.25) is 5.91 Å². The summed E-state index contributed by atoms with van der Waals surface area (Å²) in [5.41, 5.74) is 3.02. The lowest BCUT2D eigenvalue weighted by molar-refractivity contribution is -0.138. The number of phenolic OH excluding ortho intramolecular Hbond substituents is 1. The molecule has 3 rings (SSSR count). The van der Waals surface area contributed by atoms with Gasteiger partial charge < -0.3 is 25.4 Å². The molecule has 1 unspecified atom stereocenters. The van der Waals surface area contributed by atoms with Crippen LogP contribution in [0.4, 0.5) is 10.5 Å². The highest BCUT2D eigenvalue weighted by atomic mass is 16.6. The average Bonchev–Trinajstić information content (AvgIpc) is 3.59. The number of carbonyl (C=O) groups is 3. The molecule has 0 bridgehead atoms. The van der Waals surface area contributed by atoms with E-state index >= 15 is 0 Å². The van der Waals surface area contributed by atoms with Crippen molar-refractivity contribution in [2.75, 3.05) is 11.9 Å². The third kappa shape index (κ3) is 6.74. The molecule has 0 spiro atoms. The molecule has 188 valence electrons. The summed E-state index contributed by atoms with van der Waals surface area (Å²) in [7, 11) is 0. The molecule has 35 heavy (non-hydrogen) atoms. The van der Waals surface area contributed by atoms with Crippen molar-refractivity contribution in [3.05, 3.63) is 58.7 Å². The van der Waals surface area contributed by atoms with Crippen LogP contribution in [0, 0.1) is 20.8 Å². The number of nitrogens with zero attached hydrogens (tertiary/aromatic N) is 1. The second-order valence-corrected chi connectivity index (χ2v) is 10.1. The van der Waals surface area contributed by atoms with E-state index in [4.69, 9.17) is 4.74 Å². The Kier molecular flexibility index (Phi) is 7.73. The van der Waals surface area contributed by atoms with E-state index in [9.17, 15) is 19.5 Å². The summed E-state index contributed by atoms with van der Waals surface area (Å²) in [5.74, 6) is -0.630. The summed E-state index contributed by atoms with van der Waals surface area (Å²) in [4.78, 5) is 40.8. The largest absolute Gasteiger partial charge is 0.508 e. The highest BCUT2D eigenvalue weighted by Gasteiger charge is 2.41. The summed E-state index contributed by atoms with van der Waals surface area (Å²) in [5, 5.41) is 15.6. The van der Waals surface area contributed by atoms with Crippen molar-refractivity contribution in [1.82, 2.24) is 10.2 Å². The van der Waals surface area contributed by atoms with Gasteiger partial charge in [-0.3, -0.25) is 9.59 Å². The van der Waals surface area contributed by atoms with Gasteiger partial charge in [-0.15, -0.1) is 0 Å². The molecule has 3 N–H and O–H groups in total. The predicted octanol–water partition coefficient (Wildman–Crippen LogP) is 4.51. The number of carbonyl (C=O) groups excluding carboxylic acids is 3. The zero-order valence-electron chi connectivity index (χ0n) is 21.3. The Morgan fingerprint density at radius 1 is 1.06 bits per heavy atom. The number of ether oxygens (including phenoxy) is 1. The van der Waals surface area contributed by atoms with Crippen LogP contribution >= 0.6 is 0 Å². The topological polar surface area (TPSA) is 108 Å². The molecule has 1 aliphatic carbocycles. The SMILES string of the molecule is Cc1cc(C(C(=O)Nc2c(C)cccc2C)N(C(=O)CNC(=O)OC(C)(C)C)C2CC2)ccc1O. The highest BCUT2D eigenvalue weighted by Crippen LogP contribution is 2.37. The fourth-order valence-electron chi connectivity index (χ4n) is 3.95. The van der Waals surface area contributed by atoms with Crippen molar-refractivity contribution in [3.63, 3.8) is 0 Å². The van der Waals surface area contributed by atoms with Crippen molar-refractivity contribution in [2.24, 2.45) is 0 Å². The minimum atomic E-state index is -0.936. The van der Waals surface area contributed by atoms with Gasteiger partial charge in [0, 0.05) is 11.7 Å². The second-order valence-electron chi connectivity index (χ2n) is 10.1. The maximum absolute atomic E-state index is 13.7. The van der Waals surface area contributed by atoms with Gasteiger partial charge in [0.25, 0.3) is 5.91 Å². The molecule has 8 nitrogen and oxygen atoms in total. The summed E-state index contributed by atoms with van der Waals surface area (Å²) >= 11 is 0. The minimum absolute atomic E-state index is 0.110. The van der Waals surface area contributed by atoms with Gasteiger partial charge in [-0.1, -0.05) is 24.3 Å². The molecule has 0 saturated heterocycles. The fraction of sp³-hybridized carbons (Fsp3) is 0.444. The normalized spacial score (nSPS) is 14.1. The number of hydrogen-bond donors (Lipinski definition) is 3. The van der Waals surface area contributed by atoms with E-state index in [2.05, 4.69) is 10.6 Å². The van der Waals surface area contributed by atoms with Crippen molar-refractivity contribution >= 4 is 23.6 Å². The van der Waals surface area contributed by atoms with Gasteiger partial charge in [0.1, 0.15) is 23.9 Å². The van der Waals surface area contributed by atoms with Crippen molar-refractivity contribution in [1.29, 1.82) is 0 Å². The maximum Gasteiger partial charge on any atom is 0.408 e. The zero-order chi connectivity index (χ0) is 25.9. The molecule has 1 aliphatic rings. The van der Waals surface area contributed by atoms with E-state index in [0.29, 0.717) is 16.8 Å². The van der Waals surface area contributed by atoms with E-state index in [0.717, 1.165) is 24.0 Å². The third-order valence-electron chi connectivity index (χ3n) is 5.80. The lowest BCUT2D eigenvalue weighted by atomic mass is 10.00. The summed E-state index contributed by atoms with van der Waals surface area (Å²) in [6, 6.07) is 9.59. The first-order valence-electron chi connectivity index (χ1n) is 11.8. The van der Waals surface area contributed by atoms with E-state index in [1.54, 1.807) is 44.7 Å². The fourth-order valence-corrected chi connectivity index (χ4v) is 3.95. The van der Waals surface area contributed by atoms with Gasteiger partial charge in [0.05, 0.1) is 0 Å². The number of aromatic hydroxyl groups is 1. The van der Waals surface area contributed by atoms with Crippen LogP contribution in [-0.2, 0) is 14.3 Å². The molecule has 8 heteroatoms. The molecule has 2 aromatic carbocycles. The van der Waals surface area contributed by atoms with Crippen LogP contribution in [0.2, 0.25) is 0 Å². The first kappa shape index (κ1) is 26.1. The molecule has 1 saturated carbocycles. The predicted molar refractivity (Wildman–Crippen MR) is 134 cm³/mol. The van der Waals surface area contributed by atoms with Gasteiger partial charge >= 0.3 is 6.09 Å². The van der Waals surface area contributed by atoms with Crippen molar-refractivity contribution in [3.8, 4) is 5.75 Å². The molecule has 0 heterocycles. The van der Waals surface area contributed by atoms with Crippen LogP contribution in [0.5, 0.6) is 5.75 Å². The van der Waals surface area contributed by atoms with Crippen LogP contribution in [0.15, 0.2) is 36.4 Å². The molecule has 3 amide bonds. The van der Waals surface area contributed by atoms with Gasteiger partial charge in [-0.25, -0.2) is 4.79 Å². The lowest BCUT2D eigenvalue weighted by Gasteiger charge is -2.32. The van der Waals surface area contributed by atoms with E-state index in [1.807, 2.05) is 32.0 Å². The van der Waals surface area contributed by atoms with Crippen LogP contribution in [0.1, 0.15) is 61.9 Å². The number of phenols is 1. The number of nitrogens with one attached hydrogen (secondary N) is 2. The number of anilines is 1. The molecule has 0 aromatic heterocycles. The minimum Gasteiger partial charge on any atom is -0.508 e. The van der Waals surface area contributed by atoms with Crippen molar-refractivity contribution < 1.29 is 24.2 Å². The molecular weight excluding hydrogens is 446 g/mol. The van der Waals surface area contributed by atoms with Gasteiger partial charge in [-0.2, -0.15) is 0 Å². The maximum atomic E-state index is 13.7. The smallest absolute Gasteiger partial charge is 0.408 e. The second kappa shape index (κ2) is 10.4. The highest BCUT2D eigenvalue weighted by molar-refractivity contribution is 5.99. The molecule has 2 aromatic rings. The summed E-state index contributed by atoms with van der Waals surface area (Å²) < 4.78 is 5.24. The quantitative estimate of drug-likeness (QED) is 0.539. The zero-order valence-corrected chi connectivity index (χ0v) is 21.3. The first-order valence-corrected chi connectivity index (χ1v) is 11.8. The standard InChI is InChI=1S/C27H35N3O5/c1-16-8-7-9-17(2)23(16)29-25(33)24(19-10-13-21(31)18(3)14-19)30(20-11-12-20)22(32)15-28-26(34)35-27(4,5)6/h7-10,13-14,20,24,31H,11-12,15H2,1-6H3,(H,28,34)(H,29,33). The van der Waals surface area contributed by atoms with Crippen molar-refractivity contribution in [2.45, 2.75) is 72.1 Å². The Balaban J connectivity index is 1.92. The summed E-state index contributed by atoms with van der Waals surface area (Å²) in [6.45, 7) is 10.5. The monoisotopic (exact) mass is 481 g/mol. The number of aryl methyl sites for hydroxylation is 3. The number of hydrogen-bond acceptors (Lipinski definition) is 5. The Morgan fingerprint density at radius 2 is 1.69 bits per heavy atom. The first-order chi connectivity index (χ1) is 16.4. The van der Waals surface area contributed by atoms with Gasteiger partial charge in [0.15, 0.2) is 0 Å². The lowest BCUT2D eigenvalue weighted by Crippen LogP contribution is -2.47. The Hall–Kier alpha value is -3.55. The van der Waals surface area contributed by atoms with Gasteiger partial charge in [-0.05, 0) is 88.8 Å². The Labute approximate surface area is 206 Å². The number of benzene rings is 2. The van der Waals surface area contributed by atoms with Crippen LogP contribution in [0.3, 0.4) is 0 Å². The van der Waals surface area contributed by atoms with E-state index in [-0.39, 0.29) is 30.2 Å².